The minimum Gasteiger partial charge on any atom is -0.457 e. The molecule has 0 aliphatic rings. The van der Waals surface area contributed by atoms with Gasteiger partial charge in [-0.3, -0.25) is 0 Å². The van der Waals surface area contributed by atoms with E-state index in [2.05, 4.69) is 25.1 Å². The molecule has 0 amide bonds. The highest BCUT2D eigenvalue weighted by molar-refractivity contribution is 5.37. The number of ether oxygens (including phenoxy) is 1. The first-order valence-electron chi connectivity index (χ1n) is 8.21. The largest absolute Gasteiger partial charge is 0.457 e. The summed E-state index contributed by atoms with van der Waals surface area (Å²) < 4.78 is 6.01. The Kier molecular flexibility index (Phi) is 6.87. The molecule has 0 fully saturated rings. The third-order valence-corrected chi connectivity index (χ3v) is 3.74. The van der Waals surface area contributed by atoms with E-state index in [1.807, 2.05) is 36.4 Å². The van der Waals surface area contributed by atoms with Crippen molar-refractivity contribution in [3.05, 3.63) is 60.2 Å². The maximum absolute atomic E-state index is 6.01. The summed E-state index contributed by atoms with van der Waals surface area (Å²) in [7, 11) is 0. The quantitative estimate of drug-likeness (QED) is 0.485. The Labute approximate surface area is 129 Å². The van der Waals surface area contributed by atoms with Gasteiger partial charge in [-0.05, 0) is 36.6 Å². The number of benzene rings is 2. The smallest absolute Gasteiger partial charge is 0.130 e. The van der Waals surface area contributed by atoms with Crippen LogP contribution in [0.2, 0.25) is 0 Å². The van der Waals surface area contributed by atoms with Crippen LogP contribution in [0, 0.1) is 0 Å². The molecule has 21 heavy (non-hydrogen) atoms. The van der Waals surface area contributed by atoms with Crippen molar-refractivity contribution in [3.8, 4) is 11.5 Å². The molecular formula is C20H26O. The van der Waals surface area contributed by atoms with Crippen LogP contribution in [0.3, 0.4) is 0 Å². The third-order valence-electron chi connectivity index (χ3n) is 3.74. The number of para-hydroxylation sites is 2. The lowest BCUT2D eigenvalue weighted by molar-refractivity contribution is 0.474. The first-order chi connectivity index (χ1) is 10.4. The minimum atomic E-state index is 0.910. The Bertz CT molecular complexity index is 504. The van der Waals surface area contributed by atoms with Crippen molar-refractivity contribution in [2.45, 2.75) is 51.9 Å². The standard InChI is InChI=1S/C20H26O/c1-2-3-4-5-6-8-13-18-14-11-12-17-20(18)21-19-15-9-7-10-16-19/h7,9-12,14-17H,2-6,8,13H2,1H3. The molecule has 0 aliphatic heterocycles. The molecule has 0 saturated carbocycles. The highest BCUT2D eigenvalue weighted by Gasteiger charge is 2.04. The molecule has 0 N–H and O–H groups in total. The van der Waals surface area contributed by atoms with E-state index >= 15 is 0 Å². The van der Waals surface area contributed by atoms with Crippen LogP contribution in [0.5, 0.6) is 11.5 Å². The van der Waals surface area contributed by atoms with E-state index < -0.39 is 0 Å². The number of hydrogen-bond acceptors (Lipinski definition) is 1. The van der Waals surface area contributed by atoms with Gasteiger partial charge in [0.05, 0.1) is 0 Å². The summed E-state index contributed by atoms with van der Waals surface area (Å²) in [5.74, 6) is 1.91. The lowest BCUT2D eigenvalue weighted by atomic mass is 10.0. The predicted molar refractivity (Wildman–Crippen MR) is 90.0 cm³/mol. The van der Waals surface area contributed by atoms with E-state index in [0.29, 0.717) is 0 Å². The number of unbranched alkanes of at least 4 members (excludes halogenated alkanes) is 5. The molecule has 0 unspecified atom stereocenters. The van der Waals surface area contributed by atoms with Gasteiger partial charge in [0.2, 0.25) is 0 Å². The number of aryl methyl sites for hydroxylation is 1. The Morgan fingerprint density at radius 1 is 0.714 bits per heavy atom. The second-order valence-electron chi connectivity index (χ2n) is 5.54. The van der Waals surface area contributed by atoms with Crippen LogP contribution in [-0.4, -0.2) is 0 Å². The summed E-state index contributed by atoms with van der Waals surface area (Å²) in [6, 6.07) is 18.4. The van der Waals surface area contributed by atoms with Gasteiger partial charge in [0.1, 0.15) is 11.5 Å². The summed E-state index contributed by atoms with van der Waals surface area (Å²) >= 11 is 0. The van der Waals surface area contributed by atoms with Crippen LogP contribution in [0.1, 0.15) is 51.0 Å². The maximum atomic E-state index is 6.01. The first-order valence-corrected chi connectivity index (χ1v) is 8.21. The van der Waals surface area contributed by atoms with Crippen molar-refractivity contribution in [1.29, 1.82) is 0 Å². The highest BCUT2D eigenvalue weighted by atomic mass is 16.5. The van der Waals surface area contributed by atoms with Gasteiger partial charge in [-0.25, -0.2) is 0 Å². The molecule has 1 heteroatoms. The van der Waals surface area contributed by atoms with Crippen LogP contribution in [0.25, 0.3) is 0 Å². The molecule has 0 aromatic heterocycles. The fraction of sp³-hybridized carbons (Fsp3) is 0.400. The van der Waals surface area contributed by atoms with Gasteiger partial charge in [0.25, 0.3) is 0 Å². The lowest BCUT2D eigenvalue weighted by Crippen LogP contribution is -1.92. The lowest BCUT2D eigenvalue weighted by Gasteiger charge is -2.11. The molecule has 2 aromatic rings. The normalized spacial score (nSPS) is 10.5. The molecule has 2 rings (SSSR count). The third kappa shape index (κ3) is 5.63. The van der Waals surface area contributed by atoms with E-state index in [4.69, 9.17) is 4.74 Å². The van der Waals surface area contributed by atoms with Gasteiger partial charge < -0.3 is 4.74 Å². The fourth-order valence-corrected chi connectivity index (χ4v) is 2.52. The van der Waals surface area contributed by atoms with Crippen LogP contribution >= 0.6 is 0 Å². The van der Waals surface area contributed by atoms with Crippen molar-refractivity contribution in [1.82, 2.24) is 0 Å². The zero-order valence-electron chi connectivity index (χ0n) is 13.1. The van der Waals surface area contributed by atoms with Gasteiger partial charge in [-0.2, -0.15) is 0 Å². The highest BCUT2D eigenvalue weighted by Crippen LogP contribution is 2.26. The van der Waals surface area contributed by atoms with Crippen molar-refractivity contribution in [3.63, 3.8) is 0 Å². The molecular weight excluding hydrogens is 256 g/mol. The SMILES string of the molecule is CCCCCCCCc1ccccc1Oc1ccccc1. The predicted octanol–water partition coefficient (Wildman–Crippen LogP) is 6.38. The molecule has 0 heterocycles. The zero-order chi connectivity index (χ0) is 14.8. The van der Waals surface area contributed by atoms with Gasteiger partial charge in [0, 0.05) is 0 Å². The van der Waals surface area contributed by atoms with Crippen LogP contribution in [0.4, 0.5) is 0 Å². The fourth-order valence-electron chi connectivity index (χ4n) is 2.52. The van der Waals surface area contributed by atoms with Crippen molar-refractivity contribution < 1.29 is 4.74 Å². The Morgan fingerprint density at radius 2 is 1.38 bits per heavy atom. The van der Waals surface area contributed by atoms with E-state index in [1.54, 1.807) is 0 Å². The molecule has 0 saturated heterocycles. The summed E-state index contributed by atoms with van der Waals surface area (Å²) in [5, 5.41) is 0. The van der Waals surface area contributed by atoms with Crippen LogP contribution < -0.4 is 4.74 Å². The molecule has 0 bridgehead atoms. The average Bonchev–Trinajstić information content (AvgIpc) is 2.53. The molecule has 0 atom stereocenters. The summed E-state index contributed by atoms with van der Waals surface area (Å²) in [6.07, 6.45) is 9.09. The van der Waals surface area contributed by atoms with Crippen molar-refractivity contribution >= 4 is 0 Å². The Morgan fingerprint density at radius 3 is 2.19 bits per heavy atom. The monoisotopic (exact) mass is 282 g/mol. The molecule has 0 radical (unpaired) electrons. The van der Waals surface area contributed by atoms with E-state index in [1.165, 1.54) is 44.1 Å². The first kappa shape index (κ1) is 15.6. The molecule has 0 spiro atoms. The van der Waals surface area contributed by atoms with E-state index in [0.717, 1.165) is 17.9 Å². The second-order valence-corrected chi connectivity index (χ2v) is 5.54. The van der Waals surface area contributed by atoms with Crippen LogP contribution in [-0.2, 0) is 6.42 Å². The molecule has 112 valence electrons. The molecule has 2 aromatic carbocycles. The van der Waals surface area contributed by atoms with E-state index in [9.17, 15) is 0 Å². The molecule has 0 aliphatic carbocycles. The Hall–Kier alpha value is -1.76. The van der Waals surface area contributed by atoms with Crippen LogP contribution in [0.15, 0.2) is 54.6 Å². The topological polar surface area (TPSA) is 9.23 Å². The zero-order valence-corrected chi connectivity index (χ0v) is 13.1. The second kappa shape index (κ2) is 9.23. The molecule has 1 nitrogen and oxygen atoms in total. The summed E-state index contributed by atoms with van der Waals surface area (Å²) in [5.41, 5.74) is 1.32. The van der Waals surface area contributed by atoms with E-state index in [-0.39, 0.29) is 0 Å². The Balaban J connectivity index is 1.85. The van der Waals surface area contributed by atoms with Gasteiger partial charge >= 0.3 is 0 Å². The summed E-state index contributed by atoms with van der Waals surface area (Å²) in [6.45, 7) is 2.26. The maximum Gasteiger partial charge on any atom is 0.130 e. The van der Waals surface area contributed by atoms with Crippen molar-refractivity contribution in [2.75, 3.05) is 0 Å². The number of hydrogen-bond donors (Lipinski definition) is 0. The minimum absolute atomic E-state index is 0.910. The van der Waals surface area contributed by atoms with Gasteiger partial charge in [-0.1, -0.05) is 75.4 Å². The van der Waals surface area contributed by atoms with Gasteiger partial charge in [-0.15, -0.1) is 0 Å². The summed E-state index contributed by atoms with van der Waals surface area (Å²) in [4.78, 5) is 0. The van der Waals surface area contributed by atoms with Gasteiger partial charge in [0.15, 0.2) is 0 Å². The van der Waals surface area contributed by atoms with Crippen molar-refractivity contribution in [2.24, 2.45) is 0 Å². The average molecular weight is 282 g/mol. The number of rotatable bonds is 9.